The van der Waals surface area contributed by atoms with Gasteiger partial charge in [0.15, 0.2) is 17.3 Å². The number of carbonyl (C=O) groups is 2. The third-order valence-corrected chi connectivity index (χ3v) is 3.08. The second-order valence-electron chi connectivity index (χ2n) is 3.47. The summed E-state index contributed by atoms with van der Waals surface area (Å²) < 4.78 is 9.99. The minimum atomic E-state index is -0.697. The van der Waals surface area contributed by atoms with Crippen molar-refractivity contribution in [2.24, 2.45) is 0 Å². The summed E-state index contributed by atoms with van der Waals surface area (Å²) in [6, 6.07) is 4.51. The van der Waals surface area contributed by atoms with Crippen molar-refractivity contribution < 1.29 is 19.1 Å². The molecule has 1 rings (SSSR count). The Balaban J connectivity index is 3.05. The van der Waals surface area contributed by atoms with Gasteiger partial charge in [-0.15, -0.1) is 11.6 Å². The van der Waals surface area contributed by atoms with E-state index in [0.717, 1.165) is 0 Å². The highest BCUT2D eigenvalue weighted by atomic mass is 35.5. The molecule has 1 aromatic rings. The molecule has 1 aromatic carbocycles. The molecular formula is C12H13ClO4S. The number of Topliss-reactive ketones (excluding diaryl/α,β-unsaturated/α-hetero) is 1. The van der Waals surface area contributed by atoms with Crippen molar-refractivity contribution >= 4 is 36.0 Å². The van der Waals surface area contributed by atoms with Crippen molar-refractivity contribution in [3.63, 3.8) is 0 Å². The van der Waals surface area contributed by atoms with E-state index in [-0.39, 0.29) is 17.3 Å². The molecular weight excluding hydrogens is 276 g/mol. The number of thiol groups is 1. The van der Waals surface area contributed by atoms with Crippen LogP contribution in [0.4, 0.5) is 0 Å². The largest absolute Gasteiger partial charge is 0.493 e. The number of ketones is 1. The van der Waals surface area contributed by atoms with Gasteiger partial charge in [0.05, 0.1) is 7.11 Å². The first kappa shape index (κ1) is 14.9. The Morgan fingerprint density at radius 2 is 2.06 bits per heavy atom. The SMILES string of the molecule is COc1cc(C(=O)C(Cl)CS)ccc1OC(C)=O. The van der Waals surface area contributed by atoms with Gasteiger partial charge in [-0.2, -0.15) is 12.6 Å². The summed E-state index contributed by atoms with van der Waals surface area (Å²) in [5.74, 6) is 0.101. The van der Waals surface area contributed by atoms with Crippen LogP contribution in [0.3, 0.4) is 0 Å². The van der Waals surface area contributed by atoms with E-state index < -0.39 is 11.3 Å². The number of rotatable bonds is 5. The second kappa shape index (κ2) is 6.66. The number of benzene rings is 1. The Bertz CT molecular complexity index is 461. The maximum atomic E-state index is 11.8. The molecule has 4 nitrogen and oxygen atoms in total. The molecule has 0 saturated heterocycles. The predicted octanol–water partition coefficient (Wildman–Crippen LogP) is 2.34. The second-order valence-corrected chi connectivity index (χ2v) is 4.37. The molecule has 0 amide bonds. The number of carbonyl (C=O) groups excluding carboxylic acids is 2. The van der Waals surface area contributed by atoms with E-state index in [9.17, 15) is 9.59 Å². The molecule has 0 aliphatic heterocycles. The minimum Gasteiger partial charge on any atom is -0.493 e. The Morgan fingerprint density at radius 3 is 2.56 bits per heavy atom. The van der Waals surface area contributed by atoms with Crippen molar-refractivity contribution in [2.45, 2.75) is 12.3 Å². The number of halogens is 1. The van der Waals surface area contributed by atoms with Crippen molar-refractivity contribution in [2.75, 3.05) is 12.9 Å². The summed E-state index contributed by atoms with van der Waals surface area (Å²) in [5, 5.41) is -0.697. The van der Waals surface area contributed by atoms with Crippen LogP contribution in [0.25, 0.3) is 0 Å². The summed E-state index contributed by atoms with van der Waals surface area (Å²) in [5.41, 5.74) is 0.386. The summed E-state index contributed by atoms with van der Waals surface area (Å²) in [7, 11) is 1.42. The monoisotopic (exact) mass is 288 g/mol. The van der Waals surface area contributed by atoms with Gasteiger partial charge < -0.3 is 9.47 Å². The molecule has 0 N–H and O–H groups in total. The van der Waals surface area contributed by atoms with Crippen LogP contribution in [-0.2, 0) is 4.79 Å². The Labute approximate surface area is 116 Å². The van der Waals surface area contributed by atoms with Crippen molar-refractivity contribution in [1.29, 1.82) is 0 Å². The van der Waals surface area contributed by atoms with E-state index >= 15 is 0 Å². The topological polar surface area (TPSA) is 52.6 Å². The standard InChI is InChI=1S/C12H13ClO4S/c1-7(14)17-10-4-3-8(5-11(10)16-2)12(15)9(13)6-18/h3-5,9,18H,6H2,1-2H3. The van der Waals surface area contributed by atoms with E-state index in [1.807, 2.05) is 0 Å². The van der Waals surface area contributed by atoms with Crippen LogP contribution in [0.15, 0.2) is 18.2 Å². The first-order chi connectivity index (χ1) is 8.49. The highest BCUT2D eigenvalue weighted by Crippen LogP contribution is 2.29. The highest BCUT2D eigenvalue weighted by molar-refractivity contribution is 7.80. The molecule has 1 atom stereocenters. The molecule has 0 saturated carbocycles. The van der Waals surface area contributed by atoms with Gasteiger partial charge in [-0.25, -0.2) is 0 Å². The lowest BCUT2D eigenvalue weighted by molar-refractivity contribution is -0.132. The van der Waals surface area contributed by atoms with Crippen LogP contribution in [0.2, 0.25) is 0 Å². The van der Waals surface area contributed by atoms with Gasteiger partial charge >= 0.3 is 5.97 Å². The third-order valence-electron chi connectivity index (χ3n) is 2.15. The molecule has 0 fully saturated rings. The van der Waals surface area contributed by atoms with E-state index in [2.05, 4.69) is 12.6 Å². The smallest absolute Gasteiger partial charge is 0.308 e. The fourth-order valence-electron chi connectivity index (χ4n) is 1.32. The quantitative estimate of drug-likeness (QED) is 0.297. The summed E-state index contributed by atoms with van der Waals surface area (Å²) in [6.07, 6.45) is 0. The van der Waals surface area contributed by atoms with Crippen LogP contribution in [0.5, 0.6) is 11.5 Å². The van der Waals surface area contributed by atoms with Gasteiger partial charge in [0.1, 0.15) is 5.38 Å². The average Bonchev–Trinajstić information content (AvgIpc) is 2.36. The zero-order valence-corrected chi connectivity index (χ0v) is 11.6. The van der Waals surface area contributed by atoms with E-state index in [0.29, 0.717) is 11.3 Å². The number of methoxy groups -OCH3 is 1. The minimum absolute atomic E-state index is 0.244. The number of alkyl halides is 1. The first-order valence-electron chi connectivity index (χ1n) is 5.15. The van der Waals surface area contributed by atoms with Gasteiger partial charge in [-0.05, 0) is 18.2 Å². The third kappa shape index (κ3) is 3.65. The summed E-state index contributed by atoms with van der Waals surface area (Å²) in [6.45, 7) is 1.29. The first-order valence-corrected chi connectivity index (χ1v) is 6.22. The number of ether oxygens (including phenoxy) is 2. The molecule has 6 heteroatoms. The van der Waals surface area contributed by atoms with Crippen molar-refractivity contribution in [3.05, 3.63) is 23.8 Å². The lowest BCUT2D eigenvalue weighted by atomic mass is 10.1. The number of esters is 1. The van der Waals surface area contributed by atoms with Crippen LogP contribution in [-0.4, -0.2) is 30.0 Å². The van der Waals surface area contributed by atoms with Gasteiger partial charge in [0.25, 0.3) is 0 Å². The molecule has 0 heterocycles. The van der Waals surface area contributed by atoms with Gasteiger partial charge in [0, 0.05) is 18.2 Å². The maximum Gasteiger partial charge on any atom is 0.308 e. The molecule has 18 heavy (non-hydrogen) atoms. The molecule has 0 spiro atoms. The lowest BCUT2D eigenvalue weighted by Gasteiger charge is -2.10. The predicted molar refractivity (Wildman–Crippen MR) is 72.1 cm³/mol. The Hall–Kier alpha value is -1.20. The van der Waals surface area contributed by atoms with Crippen LogP contribution in [0, 0.1) is 0 Å². The molecule has 0 aliphatic rings. The molecule has 0 aromatic heterocycles. The van der Waals surface area contributed by atoms with Crippen LogP contribution in [0.1, 0.15) is 17.3 Å². The van der Waals surface area contributed by atoms with Crippen molar-refractivity contribution in [3.8, 4) is 11.5 Å². The fourth-order valence-corrected chi connectivity index (χ4v) is 1.62. The van der Waals surface area contributed by atoms with Crippen molar-refractivity contribution in [1.82, 2.24) is 0 Å². The Morgan fingerprint density at radius 1 is 1.39 bits per heavy atom. The summed E-state index contributed by atoms with van der Waals surface area (Å²) >= 11 is 9.78. The zero-order chi connectivity index (χ0) is 13.7. The highest BCUT2D eigenvalue weighted by Gasteiger charge is 2.18. The van der Waals surface area contributed by atoms with Crippen LogP contribution >= 0.6 is 24.2 Å². The average molecular weight is 289 g/mol. The molecule has 0 radical (unpaired) electrons. The van der Waals surface area contributed by atoms with Gasteiger partial charge in [0.2, 0.25) is 0 Å². The maximum absolute atomic E-state index is 11.8. The van der Waals surface area contributed by atoms with Gasteiger partial charge in [-0.1, -0.05) is 0 Å². The summed E-state index contributed by atoms with van der Waals surface area (Å²) in [4.78, 5) is 22.7. The van der Waals surface area contributed by atoms with E-state index in [1.54, 1.807) is 0 Å². The molecule has 0 bridgehead atoms. The number of hydrogen-bond donors (Lipinski definition) is 1. The lowest BCUT2D eigenvalue weighted by Crippen LogP contribution is -2.16. The fraction of sp³-hybridized carbons (Fsp3) is 0.333. The molecule has 1 unspecified atom stereocenters. The van der Waals surface area contributed by atoms with E-state index in [4.69, 9.17) is 21.1 Å². The van der Waals surface area contributed by atoms with E-state index in [1.165, 1.54) is 32.2 Å². The number of hydrogen-bond acceptors (Lipinski definition) is 5. The normalized spacial score (nSPS) is 11.8. The Kier molecular flexibility index (Phi) is 5.50. The van der Waals surface area contributed by atoms with Gasteiger partial charge in [-0.3, -0.25) is 9.59 Å². The van der Waals surface area contributed by atoms with Crippen LogP contribution < -0.4 is 9.47 Å². The molecule has 98 valence electrons. The zero-order valence-electron chi connectivity index (χ0n) is 9.97. The molecule has 0 aliphatic carbocycles.